The first-order valence-corrected chi connectivity index (χ1v) is 9.76. The molecule has 0 radical (unpaired) electrons. The summed E-state index contributed by atoms with van der Waals surface area (Å²) in [6, 6.07) is 21.4. The fourth-order valence-electron chi connectivity index (χ4n) is 4.57. The van der Waals surface area contributed by atoms with E-state index in [0.29, 0.717) is 6.42 Å². The summed E-state index contributed by atoms with van der Waals surface area (Å²) in [5.41, 5.74) is 2.80. The molecule has 1 fully saturated rings. The van der Waals surface area contributed by atoms with E-state index in [9.17, 15) is 5.11 Å². The predicted octanol–water partition coefficient (Wildman–Crippen LogP) is 5.58. The first-order chi connectivity index (χ1) is 12.5. The quantitative estimate of drug-likeness (QED) is 0.668. The molecular formula is C24H31NO. The second-order valence-electron chi connectivity index (χ2n) is 7.86. The van der Waals surface area contributed by atoms with E-state index in [-0.39, 0.29) is 18.0 Å². The van der Waals surface area contributed by atoms with E-state index in [1.807, 2.05) is 13.0 Å². The molecule has 0 spiro atoms. The lowest BCUT2D eigenvalue weighted by Gasteiger charge is -2.49. The van der Waals surface area contributed by atoms with Gasteiger partial charge in [-0.1, -0.05) is 79.6 Å². The first-order valence-electron chi connectivity index (χ1n) is 9.76. The van der Waals surface area contributed by atoms with Gasteiger partial charge in [0.05, 0.1) is 5.60 Å². The van der Waals surface area contributed by atoms with Crippen LogP contribution >= 0.6 is 0 Å². The molecule has 1 saturated heterocycles. The van der Waals surface area contributed by atoms with Crippen molar-refractivity contribution < 1.29 is 5.11 Å². The maximum atomic E-state index is 11.8. The number of benzene rings is 2. The number of hydrogen-bond donors (Lipinski definition) is 2. The maximum absolute atomic E-state index is 11.8. The van der Waals surface area contributed by atoms with Crippen molar-refractivity contribution in [3.05, 3.63) is 83.9 Å². The van der Waals surface area contributed by atoms with Crippen LogP contribution in [0.25, 0.3) is 0 Å². The third kappa shape index (κ3) is 4.08. The summed E-state index contributed by atoms with van der Waals surface area (Å²) in [5.74, 6) is 0.173. The van der Waals surface area contributed by atoms with Crippen LogP contribution in [0.5, 0.6) is 0 Å². The van der Waals surface area contributed by atoms with Crippen molar-refractivity contribution in [1.29, 1.82) is 0 Å². The Hall–Kier alpha value is -1.90. The molecule has 26 heavy (non-hydrogen) atoms. The minimum Gasteiger partial charge on any atom is -0.389 e. The van der Waals surface area contributed by atoms with Crippen molar-refractivity contribution >= 4 is 0 Å². The van der Waals surface area contributed by atoms with Gasteiger partial charge in [-0.15, -0.1) is 6.58 Å². The van der Waals surface area contributed by atoms with E-state index in [1.165, 1.54) is 11.1 Å². The Morgan fingerprint density at radius 3 is 2.19 bits per heavy atom. The third-order valence-corrected chi connectivity index (χ3v) is 5.60. The second kappa shape index (κ2) is 8.20. The summed E-state index contributed by atoms with van der Waals surface area (Å²) in [5, 5.41) is 15.7. The Morgan fingerprint density at radius 1 is 1.08 bits per heavy atom. The monoisotopic (exact) mass is 349 g/mol. The van der Waals surface area contributed by atoms with Crippen LogP contribution in [-0.2, 0) is 0 Å². The minimum absolute atomic E-state index is 0.138. The van der Waals surface area contributed by atoms with Crippen LogP contribution in [-0.4, -0.2) is 10.7 Å². The summed E-state index contributed by atoms with van der Waals surface area (Å²) in [7, 11) is 0. The summed E-state index contributed by atoms with van der Waals surface area (Å²) >= 11 is 0. The van der Waals surface area contributed by atoms with E-state index >= 15 is 0 Å². The van der Waals surface area contributed by atoms with Crippen molar-refractivity contribution in [1.82, 2.24) is 5.32 Å². The van der Waals surface area contributed by atoms with Gasteiger partial charge in [-0.05, 0) is 37.3 Å². The molecule has 138 valence electrons. The number of piperidine rings is 1. The van der Waals surface area contributed by atoms with Crippen LogP contribution in [0.2, 0.25) is 0 Å². The van der Waals surface area contributed by atoms with Crippen molar-refractivity contribution in [2.45, 2.75) is 57.2 Å². The fourth-order valence-corrected chi connectivity index (χ4v) is 4.57. The molecule has 3 rings (SSSR count). The molecule has 2 nitrogen and oxygen atoms in total. The standard InChI is InChI=1S/C24H31NO/c1-4-11-21-23(20-14-9-6-10-15-20)25-22(19-12-7-5-8-13-19)17-24(21,26)16-18(2)3/h5-10,12-15,21-23,25-26H,2,4,11,16-17H2,1,3H3. The van der Waals surface area contributed by atoms with Gasteiger partial charge in [0.2, 0.25) is 0 Å². The number of rotatable bonds is 6. The lowest BCUT2D eigenvalue weighted by Crippen LogP contribution is -2.53. The molecule has 2 aromatic carbocycles. The zero-order valence-corrected chi connectivity index (χ0v) is 16.0. The molecule has 2 N–H and O–H groups in total. The van der Waals surface area contributed by atoms with Crippen LogP contribution in [0.4, 0.5) is 0 Å². The Bertz CT molecular complexity index is 712. The van der Waals surface area contributed by atoms with Crippen molar-refractivity contribution in [2.75, 3.05) is 0 Å². The predicted molar refractivity (Wildman–Crippen MR) is 109 cm³/mol. The van der Waals surface area contributed by atoms with E-state index in [4.69, 9.17) is 0 Å². The first kappa shape index (κ1) is 18.9. The Kier molecular flexibility index (Phi) is 5.95. The highest BCUT2D eigenvalue weighted by Crippen LogP contribution is 2.47. The molecule has 2 heteroatoms. The molecule has 0 aromatic heterocycles. The highest BCUT2D eigenvalue weighted by Gasteiger charge is 2.47. The minimum atomic E-state index is -0.742. The topological polar surface area (TPSA) is 32.3 Å². The van der Waals surface area contributed by atoms with E-state index in [1.54, 1.807) is 0 Å². The molecule has 4 unspecified atom stereocenters. The van der Waals surface area contributed by atoms with Gasteiger partial charge in [-0.3, -0.25) is 0 Å². The van der Waals surface area contributed by atoms with Gasteiger partial charge < -0.3 is 10.4 Å². The van der Waals surface area contributed by atoms with Crippen LogP contribution < -0.4 is 5.32 Å². The third-order valence-electron chi connectivity index (χ3n) is 5.60. The number of nitrogens with one attached hydrogen (secondary N) is 1. The maximum Gasteiger partial charge on any atom is 0.0748 e. The van der Waals surface area contributed by atoms with Crippen molar-refractivity contribution in [3.8, 4) is 0 Å². The van der Waals surface area contributed by atoms with Gasteiger partial charge in [0, 0.05) is 18.0 Å². The molecule has 0 amide bonds. The van der Waals surface area contributed by atoms with Gasteiger partial charge in [0.25, 0.3) is 0 Å². The van der Waals surface area contributed by atoms with Crippen LogP contribution in [0, 0.1) is 5.92 Å². The molecule has 4 atom stereocenters. The number of aliphatic hydroxyl groups is 1. The molecule has 1 aliphatic heterocycles. The Morgan fingerprint density at radius 2 is 1.65 bits per heavy atom. The number of hydrogen-bond acceptors (Lipinski definition) is 2. The van der Waals surface area contributed by atoms with Crippen LogP contribution in [0.3, 0.4) is 0 Å². The fraction of sp³-hybridized carbons (Fsp3) is 0.417. The molecule has 0 bridgehead atoms. The molecule has 2 aromatic rings. The largest absolute Gasteiger partial charge is 0.389 e. The highest BCUT2D eigenvalue weighted by molar-refractivity contribution is 5.27. The summed E-state index contributed by atoms with van der Waals surface area (Å²) in [6.45, 7) is 8.33. The normalized spacial score (nSPS) is 28.7. The van der Waals surface area contributed by atoms with Crippen LogP contribution in [0.1, 0.15) is 62.7 Å². The van der Waals surface area contributed by atoms with Crippen LogP contribution in [0.15, 0.2) is 72.8 Å². The van der Waals surface area contributed by atoms with Crippen molar-refractivity contribution in [3.63, 3.8) is 0 Å². The Labute approximate surface area is 158 Å². The smallest absolute Gasteiger partial charge is 0.0748 e. The average molecular weight is 350 g/mol. The van der Waals surface area contributed by atoms with Gasteiger partial charge in [0.15, 0.2) is 0 Å². The SMILES string of the molecule is C=C(C)CC1(O)CC(c2ccccc2)NC(c2ccccc2)C1CCC. The summed E-state index contributed by atoms with van der Waals surface area (Å²) in [6.07, 6.45) is 3.44. The van der Waals surface area contributed by atoms with Gasteiger partial charge in [-0.2, -0.15) is 0 Å². The molecular weight excluding hydrogens is 318 g/mol. The highest BCUT2D eigenvalue weighted by atomic mass is 16.3. The lowest BCUT2D eigenvalue weighted by atomic mass is 9.67. The van der Waals surface area contributed by atoms with Gasteiger partial charge in [-0.25, -0.2) is 0 Å². The second-order valence-corrected chi connectivity index (χ2v) is 7.86. The average Bonchev–Trinajstić information content (AvgIpc) is 2.64. The zero-order valence-electron chi connectivity index (χ0n) is 16.0. The van der Waals surface area contributed by atoms with Crippen molar-refractivity contribution in [2.24, 2.45) is 5.92 Å². The van der Waals surface area contributed by atoms with E-state index < -0.39 is 5.60 Å². The summed E-state index contributed by atoms with van der Waals surface area (Å²) < 4.78 is 0. The lowest BCUT2D eigenvalue weighted by molar-refractivity contribution is -0.0778. The molecule has 1 heterocycles. The molecule has 0 aliphatic carbocycles. The summed E-state index contributed by atoms with van der Waals surface area (Å²) in [4.78, 5) is 0. The van der Waals surface area contributed by atoms with E-state index in [2.05, 4.69) is 73.4 Å². The van der Waals surface area contributed by atoms with E-state index in [0.717, 1.165) is 24.8 Å². The molecule has 1 aliphatic rings. The van der Waals surface area contributed by atoms with Gasteiger partial charge in [0.1, 0.15) is 0 Å². The zero-order chi connectivity index (χ0) is 18.6. The Balaban J connectivity index is 2.02. The van der Waals surface area contributed by atoms with Gasteiger partial charge >= 0.3 is 0 Å². The molecule has 0 saturated carbocycles.